The van der Waals surface area contributed by atoms with E-state index in [0.29, 0.717) is 18.3 Å². The van der Waals surface area contributed by atoms with Crippen molar-refractivity contribution in [3.8, 4) is 0 Å². The van der Waals surface area contributed by atoms with E-state index in [2.05, 4.69) is 21.6 Å². The van der Waals surface area contributed by atoms with Crippen molar-refractivity contribution in [3.63, 3.8) is 0 Å². The van der Waals surface area contributed by atoms with Crippen LogP contribution in [0, 0.1) is 0 Å². The summed E-state index contributed by atoms with van der Waals surface area (Å²) in [5.41, 5.74) is 3.44. The SMILES string of the molecule is Cn1c(C(O)=C2CC2)nc2c1NCN=C2N1CCC2(CC1)C(=O)Nc1ccccc12. The van der Waals surface area contributed by atoms with Crippen molar-refractivity contribution >= 4 is 29.0 Å². The molecule has 1 aromatic carbocycles. The number of benzene rings is 1. The van der Waals surface area contributed by atoms with E-state index in [0.717, 1.165) is 72.9 Å². The average molecular weight is 404 g/mol. The lowest BCUT2D eigenvalue weighted by Crippen LogP contribution is -2.49. The molecule has 8 nitrogen and oxygen atoms in total. The number of likely N-dealkylation sites (tertiary alicyclic amines) is 1. The fraction of sp³-hybridized carbons (Fsp3) is 0.409. The maximum Gasteiger partial charge on any atom is 0.235 e. The fourth-order valence-electron chi connectivity index (χ4n) is 5.01. The summed E-state index contributed by atoms with van der Waals surface area (Å²) in [6.45, 7) is 1.95. The number of aliphatic hydroxyl groups is 1. The third-order valence-corrected chi connectivity index (χ3v) is 6.87. The quantitative estimate of drug-likeness (QED) is 0.635. The maximum atomic E-state index is 12.9. The number of anilines is 2. The van der Waals surface area contributed by atoms with E-state index in [-0.39, 0.29) is 5.91 Å². The third kappa shape index (κ3) is 2.36. The van der Waals surface area contributed by atoms with Gasteiger partial charge in [0.15, 0.2) is 17.4 Å². The summed E-state index contributed by atoms with van der Waals surface area (Å²) in [6, 6.07) is 8.02. The van der Waals surface area contributed by atoms with Crippen molar-refractivity contribution in [1.82, 2.24) is 14.5 Å². The summed E-state index contributed by atoms with van der Waals surface area (Å²) in [7, 11) is 1.92. The van der Waals surface area contributed by atoms with E-state index in [9.17, 15) is 9.90 Å². The van der Waals surface area contributed by atoms with Gasteiger partial charge >= 0.3 is 0 Å². The molecule has 0 atom stereocenters. The molecule has 3 N–H and O–H groups in total. The Bertz CT molecular complexity index is 1130. The molecule has 1 amide bonds. The Hall–Kier alpha value is -3.29. The standard InChI is InChI=1S/C22H24N6O2/c1-27-18-16(26-20(27)17(29)13-6-7-13)19(24-12-23-18)28-10-8-22(9-11-28)14-4-2-3-5-15(14)25-21(22)30/h2-5,23,29H,6-12H2,1H3,(H,25,30). The number of amidine groups is 1. The molecule has 2 aromatic rings. The molecule has 6 rings (SSSR count). The second kappa shape index (κ2) is 6.10. The summed E-state index contributed by atoms with van der Waals surface area (Å²) in [4.78, 5) is 24.6. The lowest BCUT2D eigenvalue weighted by atomic mass is 9.73. The smallest absolute Gasteiger partial charge is 0.235 e. The highest BCUT2D eigenvalue weighted by Crippen LogP contribution is 2.45. The summed E-state index contributed by atoms with van der Waals surface area (Å²) in [6.07, 6.45) is 3.37. The Kier molecular flexibility index (Phi) is 3.57. The molecule has 4 heterocycles. The van der Waals surface area contributed by atoms with Crippen LogP contribution in [0.3, 0.4) is 0 Å². The summed E-state index contributed by atoms with van der Waals surface area (Å²) in [5, 5.41) is 16.9. The van der Waals surface area contributed by atoms with Crippen LogP contribution in [0.25, 0.3) is 5.76 Å². The van der Waals surface area contributed by atoms with Crippen molar-refractivity contribution in [1.29, 1.82) is 0 Å². The zero-order chi connectivity index (χ0) is 20.5. The molecule has 8 heteroatoms. The number of amides is 1. The number of nitrogens with zero attached hydrogens (tertiary/aromatic N) is 4. The number of para-hydroxylation sites is 1. The van der Waals surface area contributed by atoms with E-state index in [1.54, 1.807) is 0 Å². The molecule has 1 aromatic heterocycles. The van der Waals surface area contributed by atoms with E-state index >= 15 is 0 Å². The van der Waals surface area contributed by atoms with Gasteiger partial charge in [-0.3, -0.25) is 4.79 Å². The van der Waals surface area contributed by atoms with Gasteiger partial charge in [0.1, 0.15) is 18.2 Å². The Morgan fingerprint density at radius 2 is 1.97 bits per heavy atom. The second-order valence-electron chi connectivity index (χ2n) is 8.53. The number of aliphatic hydroxyl groups excluding tert-OH is 1. The molecular formula is C22H24N6O2. The van der Waals surface area contributed by atoms with E-state index in [1.807, 2.05) is 29.8 Å². The van der Waals surface area contributed by atoms with Gasteiger partial charge in [0.25, 0.3) is 0 Å². The average Bonchev–Trinajstić information content (AvgIpc) is 3.52. The van der Waals surface area contributed by atoms with Crippen molar-refractivity contribution in [2.24, 2.45) is 12.0 Å². The van der Waals surface area contributed by atoms with Crippen LogP contribution >= 0.6 is 0 Å². The molecule has 3 aliphatic heterocycles. The fourth-order valence-corrected chi connectivity index (χ4v) is 5.01. The van der Waals surface area contributed by atoms with Gasteiger partial charge in [-0.25, -0.2) is 9.98 Å². The van der Waals surface area contributed by atoms with Crippen LogP contribution in [0.15, 0.2) is 34.8 Å². The number of carbonyl (C=O) groups is 1. The Morgan fingerprint density at radius 3 is 2.73 bits per heavy atom. The van der Waals surface area contributed by atoms with Crippen LogP contribution in [-0.2, 0) is 17.3 Å². The van der Waals surface area contributed by atoms with E-state index < -0.39 is 5.41 Å². The number of fused-ring (bicyclic) bond motifs is 3. The number of imidazole rings is 1. The number of allylic oxidation sites excluding steroid dienone is 1. The Labute approximate surface area is 174 Å². The summed E-state index contributed by atoms with van der Waals surface area (Å²) in [5.74, 6) is 2.72. The van der Waals surface area contributed by atoms with Gasteiger partial charge in [0, 0.05) is 25.8 Å². The third-order valence-electron chi connectivity index (χ3n) is 6.87. The summed E-state index contributed by atoms with van der Waals surface area (Å²) >= 11 is 0. The Balaban J connectivity index is 1.30. The van der Waals surface area contributed by atoms with Gasteiger partial charge in [0.2, 0.25) is 5.91 Å². The molecule has 4 aliphatic rings. The molecule has 1 aliphatic carbocycles. The first-order valence-electron chi connectivity index (χ1n) is 10.5. The highest BCUT2D eigenvalue weighted by Gasteiger charge is 2.49. The van der Waals surface area contributed by atoms with Gasteiger partial charge in [-0.05, 0) is 42.9 Å². The highest BCUT2D eigenvalue weighted by atomic mass is 16.3. The van der Waals surface area contributed by atoms with E-state index in [1.165, 1.54) is 0 Å². The second-order valence-corrected chi connectivity index (χ2v) is 8.53. The van der Waals surface area contributed by atoms with Crippen LogP contribution in [0.2, 0.25) is 0 Å². The van der Waals surface area contributed by atoms with Crippen molar-refractivity contribution in [2.45, 2.75) is 31.1 Å². The minimum Gasteiger partial charge on any atom is -0.504 e. The number of aromatic nitrogens is 2. The number of carbonyl (C=O) groups excluding carboxylic acids is 1. The number of hydrogen-bond donors (Lipinski definition) is 3. The van der Waals surface area contributed by atoms with Crippen molar-refractivity contribution in [2.75, 3.05) is 30.4 Å². The van der Waals surface area contributed by atoms with E-state index in [4.69, 9.17) is 9.98 Å². The first-order chi connectivity index (χ1) is 14.6. The van der Waals surface area contributed by atoms with Crippen molar-refractivity contribution in [3.05, 3.63) is 46.9 Å². The van der Waals surface area contributed by atoms with Gasteiger partial charge in [-0.15, -0.1) is 0 Å². The molecule has 0 radical (unpaired) electrons. The van der Waals surface area contributed by atoms with Crippen molar-refractivity contribution < 1.29 is 9.90 Å². The molecule has 1 spiro atoms. The van der Waals surface area contributed by atoms with Crippen LogP contribution < -0.4 is 10.6 Å². The monoisotopic (exact) mass is 404 g/mol. The molecule has 1 saturated heterocycles. The number of hydrogen-bond acceptors (Lipinski definition) is 6. The topological polar surface area (TPSA) is 94.8 Å². The minimum absolute atomic E-state index is 0.109. The molecule has 2 fully saturated rings. The van der Waals surface area contributed by atoms with Crippen LogP contribution in [0.1, 0.15) is 42.8 Å². The molecule has 0 unspecified atom stereocenters. The normalized spacial score (nSPS) is 21.0. The highest BCUT2D eigenvalue weighted by molar-refractivity contribution is 6.07. The maximum absolute atomic E-state index is 12.9. The van der Waals surface area contributed by atoms with Crippen LogP contribution in [0.5, 0.6) is 0 Å². The first kappa shape index (κ1) is 17.6. The molecule has 30 heavy (non-hydrogen) atoms. The lowest BCUT2D eigenvalue weighted by Gasteiger charge is -2.39. The van der Waals surface area contributed by atoms with Gasteiger partial charge in [-0.1, -0.05) is 18.2 Å². The number of aliphatic imine (C=N–C) groups is 1. The first-order valence-corrected chi connectivity index (χ1v) is 10.5. The molecule has 1 saturated carbocycles. The summed E-state index contributed by atoms with van der Waals surface area (Å²) < 4.78 is 1.91. The van der Waals surface area contributed by atoms with Crippen LogP contribution in [-0.4, -0.2) is 51.1 Å². The lowest BCUT2D eigenvalue weighted by molar-refractivity contribution is -0.122. The predicted molar refractivity (Wildman–Crippen MR) is 115 cm³/mol. The van der Waals surface area contributed by atoms with Gasteiger partial charge in [-0.2, -0.15) is 0 Å². The number of piperidine rings is 1. The number of nitrogens with one attached hydrogen (secondary N) is 2. The van der Waals surface area contributed by atoms with Gasteiger partial charge < -0.3 is 25.2 Å². The number of rotatable bonds is 1. The van der Waals surface area contributed by atoms with Crippen LogP contribution in [0.4, 0.5) is 11.5 Å². The molecule has 154 valence electrons. The molecular weight excluding hydrogens is 380 g/mol. The zero-order valence-electron chi connectivity index (χ0n) is 16.9. The predicted octanol–water partition coefficient (Wildman–Crippen LogP) is 2.60. The van der Waals surface area contributed by atoms with Gasteiger partial charge in [0.05, 0.1) is 5.41 Å². The zero-order valence-corrected chi connectivity index (χ0v) is 16.9. The largest absolute Gasteiger partial charge is 0.504 e. The Morgan fingerprint density at radius 1 is 1.20 bits per heavy atom. The molecule has 0 bridgehead atoms. The minimum atomic E-state index is -0.451.